The van der Waals surface area contributed by atoms with Crippen LogP contribution in [0.5, 0.6) is 0 Å². The van der Waals surface area contributed by atoms with Crippen LogP contribution in [-0.4, -0.2) is 48.1 Å². The molecule has 34 heavy (non-hydrogen) atoms. The van der Waals surface area contributed by atoms with Gasteiger partial charge in [0.2, 0.25) is 11.8 Å². The highest BCUT2D eigenvalue weighted by atomic mass is 19.1. The molecule has 2 saturated heterocycles. The van der Waals surface area contributed by atoms with E-state index in [9.17, 15) is 14.0 Å². The summed E-state index contributed by atoms with van der Waals surface area (Å²) in [5.74, 6) is -0.132. The number of rotatable bonds is 4. The number of anilines is 1. The summed E-state index contributed by atoms with van der Waals surface area (Å²) in [6.07, 6.45) is 6.30. The van der Waals surface area contributed by atoms with Crippen LogP contribution in [-0.2, 0) is 19.7 Å². The second-order valence-electron chi connectivity index (χ2n) is 10.2. The molecule has 0 aromatic heterocycles. The van der Waals surface area contributed by atoms with Crippen molar-refractivity contribution in [3.05, 3.63) is 66.0 Å². The van der Waals surface area contributed by atoms with Gasteiger partial charge in [-0.25, -0.2) is 4.39 Å². The monoisotopic (exact) mass is 464 g/mol. The third kappa shape index (κ3) is 4.13. The first-order valence-corrected chi connectivity index (χ1v) is 12.5. The lowest BCUT2D eigenvalue weighted by atomic mass is 9.76. The van der Waals surface area contributed by atoms with Crippen LogP contribution in [0, 0.1) is 5.82 Å². The molecule has 6 heteroatoms. The molecule has 2 amide bonds. The maximum Gasteiger partial charge on any atom is 0.233 e. The van der Waals surface area contributed by atoms with E-state index in [1.807, 2.05) is 23.1 Å². The second-order valence-corrected chi connectivity index (χ2v) is 10.2. The summed E-state index contributed by atoms with van der Waals surface area (Å²) in [7, 11) is 0. The number of likely N-dealkylation sites (tertiary alicyclic amines) is 1. The van der Waals surface area contributed by atoms with Gasteiger partial charge in [0.05, 0.1) is 23.7 Å². The zero-order valence-corrected chi connectivity index (χ0v) is 19.8. The van der Waals surface area contributed by atoms with Crippen LogP contribution in [0.1, 0.15) is 57.4 Å². The molecule has 180 valence electrons. The molecule has 2 aromatic rings. The van der Waals surface area contributed by atoms with Crippen LogP contribution in [0.25, 0.3) is 0 Å². The molecule has 1 spiro atoms. The van der Waals surface area contributed by atoms with Gasteiger partial charge in [0.15, 0.2) is 0 Å². The third-order valence-electron chi connectivity index (χ3n) is 8.15. The van der Waals surface area contributed by atoms with E-state index >= 15 is 0 Å². The van der Waals surface area contributed by atoms with Crippen LogP contribution < -0.4 is 4.90 Å². The van der Waals surface area contributed by atoms with Crippen molar-refractivity contribution >= 4 is 17.5 Å². The van der Waals surface area contributed by atoms with Crippen LogP contribution in [0.2, 0.25) is 0 Å². The molecule has 3 fully saturated rings. The Balaban J connectivity index is 1.27. The molecule has 2 aliphatic heterocycles. The Bertz CT molecular complexity index is 1030. The van der Waals surface area contributed by atoms with Gasteiger partial charge in [0, 0.05) is 25.7 Å². The van der Waals surface area contributed by atoms with E-state index in [0.29, 0.717) is 25.4 Å². The number of amides is 2. The predicted molar refractivity (Wildman–Crippen MR) is 129 cm³/mol. The predicted octanol–water partition coefficient (Wildman–Crippen LogP) is 4.84. The van der Waals surface area contributed by atoms with Gasteiger partial charge in [-0.2, -0.15) is 0 Å². The summed E-state index contributed by atoms with van der Waals surface area (Å²) in [6, 6.07) is 16.2. The Morgan fingerprint density at radius 3 is 2.24 bits per heavy atom. The fourth-order valence-corrected chi connectivity index (χ4v) is 6.37. The molecule has 2 aromatic carbocycles. The molecular formula is C28H33FN2O3. The first kappa shape index (κ1) is 23.0. The Morgan fingerprint density at radius 1 is 0.971 bits per heavy atom. The standard InChI is InChI=1S/C28H33FN2O3/c1-21(32)31(24-11-9-23(29)10-12-24)25-19-27(34-20-25)15-17-30(18-16-27)26(33)28(13-5-6-14-28)22-7-3-2-4-8-22/h2-4,7-12,25H,5-6,13-20H2,1H3/t25-/m0/s1. The van der Waals surface area contributed by atoms with Crippen molar-refractivity contribution in [1.29, 1.82) is 0 Å². The molecular weight excluding hydrogens is 431 g/mol. The molecule has 0 bridgehead atoms. The fourth-order valence-electron chi connectivity index (χ4n) is 6.37. The van der Waals surface area contributed by atoms with Gasteiger partial charge in [0.1, 0.15) is 5.82 Å². The van der Waals surface area contributed by atoms with Crippen LogP contribution in [0.4, 0.5) is 10.1 Å². The van der Waals surface area contributed by atoms with E-state index in [1.54, 1.807) is 24.0 Å². The van der Waals surface area contributed by atoms with E-state index in [0.717, 1.165) is 50.5 Å². The first-order chi connectivity index (χ1) is 16.4. The molecule has 3 aliphatic rings. The number of carbonyl (C=O) groups excluding carboxylic acids is 2. The quantitative estimate of drug-likeness (QED) is 0.651. The minimum atomic E-state index is -0.390. The van der Waals surface area contributed by atoms with E-state index in [1.165, 1.54) is 12.1 Å². The van der Waals surface area contributed by atoms with Gasteiger partial charge in [-0.15, -0.1) is 0 Å². The fraction of sp³-hybridized carbons (Fsp3) is 0.500. The lowest BCUT2D eigenvalue weighted by Crippen LogP contribution is -2.52. The molecule has 1 saturated carbocycles. The van der Waals surface area contributed by atoms with E-state index in [-0.39, 0.29) is 29.3 Å². The smallest absolute Gasteiger partial charge is 0.233 e. The number of benzene rings is 2. The Morgan fingerprint density at radius 2 is 1.62 bits per heavy atom. The largest absolute Gasteiger partial charge is 0.373 e. The third-order valence-corrected chi connectivity index (χ3v) is 8.15. The maximum atomic E-state index is 13.8. The van der Waals surface area contributed by atoms with Gasteiger partial charge in [-0.1, -0.05) is 43.2 Å². The van der Waals surface area contributed by atoms with Crippen LogP contribution in [0.15, 0.2) is 54.6 Å². The molecule has 5 rings (SSSR count). The van der Waals surface area contributed by atoms with Gasteiger partial charge >= 0.3 is 0 Å². The molecule has 0 unspecified atom stereocenters. The van der Waals surface area contributed by atoms with Gasteiger partial charge in [-0.05, 0) is 61.9 Å². The number of nitrogens with zero attached hydrogens (tertiary/aromatic N) is 2. The Kier molecular flexibility index (Phi) is 6.19. The van der Waals surface area contributed by atoms with Crippen molar-refractivity contribution in [3.63, 3.8) is 0 Å². The number of halogens is 1. The molecule has 0 radical (unpaired) electrons. The second kappa shape index (κ2) is 9.14. The lowest BCUT2D eigenvalue weighted by Gasteiger charge is -2.42. The topological polar surface area (TPSA) is 49.9 Å². The van der Waals surface area contributed by atoms with E-state index in [4.69, 9.17) is 4.74 Å². The van der Waals surface area contributed by atoms with Crippen molar-refractivity contribution in [2.75, 3.05) is 24.6 Å². The molecule has 0 N–H and O–H groups in total. The number of carbonyl (C=O) groups is 2. The molecule has 1 atom stereocenters. The van der Waals surface area contributed by atoms with Gasteiger partial charge in [0.25, 0.3) is 0 Å². The zero-order chi connectivity index (χ0) is 23.8. The molecule has 1 aliphatic carbocycles. The molecule has 2 heterocycles. The van der Waals surface area contributed by atoms with Crippen molar-refractivity contribution in [2.24, 2.45) is 0 Å². The Hall–Kier alpha value is -2.73. The lowest BCUT2D eigenvalue weighted by molar-refractivity contribution is -0.142. The van der Waals surface area contributed by atoms with Crippen LogP contribution in [0.3, 0.4) is 0 Å². The van der Waals surface area contributed by atoms with E-state index < -0.39 is 5.41 Å². The minimum absolute atomic E-state index is 0.0732. The van der Waals surface area contributed by atoms with Gasteiger partial charge in [-0.3, -0.25) is 9.59 Å². The van der Waals surface area contributed by atoms with Crippen molar-refractivity contribution in [1.82, 2.24) is 4.90 Å². The number of ether oxygens (including phenoxy) is 1. The summed E-state index contributed by atoms with van der Waals surface area (Å²) in [6.45, 7) is 3.35. The summed E-state index contributed by atoms with van der Waals surface area (Å²) in [5, 5.41) is 0. The van der Waals surface area contributed by atoms with Crippen molar-refractivity contribution < 1.29 is 18.7 Å². The first-order valence-electron chi connectivity index (χ1n) is 12.5. The number of hydrogen-bond acceptors (Lipinski definition) is 3. The highest BCUT2D eigenvalue weighted by Crippen LogP contribution is 2.45. The highest BCUT2D eigenvalue weighted by molar-refractivity contribution is 5.92. The Labute approximate surface area is 200 Å². The summed E-state index contributed by atoms with van der Waals surface area (Å²) >= 11 is 0. The summed E-state index contributed by atoms with van der Waals surface area (Å²) in [4.78, 5) is 30.0. The average Bonchev–Trinajstić information content (AvgIpc) is 3.50. The zero-order valence-electron chi connectivity index (χ0n) is 19.8. The SMILES string of the molecule is CC(=O)N(c1ccc(F)cc1)[C@@H]1COC2(CCN(C(=O)C3(c4ccccc4)CCCC3)CC2)C1. The maximum absolute atomic E-state index is 13.8. The molecule has 5 nitrogen and oxygen atoms in total. The highest BCUT2D eigenvalue weighted by Gasteiger charge is 2.49. The summed E-state index contributed by atoms with van der Waals surface area (Å²) < 4.78 is 19.7. The van der Waals surface area contributed by atoms with Gasteiger partial charge < -0.3 is 14.5 Å². The van der Waals surface area contributed by atoms with Crippen molar-refractivity contribution in [3.8, 4) is 0 Å². The minimum Gasteiger partial charge on any atom is -0.373 e. The number of hydrogen-bond donors (Lipinski definition) is 0. The number of piperidine rings is 1. The summed E-state index contributed by atoms with van der Waals surface area (Å²) in [5.41, 5.74) is 1.13. The van der Waals surface area contributed by atoms with E-state index in [2.05, 4.69) is 12.1 Å². The normalized spacial score (nSPS) is 23.2. The van der Waals surface area contributed by atoms with Crippen molar-refractivity contribution in [2.45, 2.75) is 68.9 Å². The van der Waals surface area contributed by atoms with Crippen LogP contribution >= 0.6 is 0 Å². The average molecular weight is 465 g/mol.